The number of esters is 1. The number of aryl methyl sites for hydroxylation is 1. The Labute approximate surface area is 185 Å². The summed E-state index contributed by atoms with van der Waals surface area (Å²) in [4.78, 5) is 37.1. The summed E-state index contributed by atoms with van der Waals surface area (Å²) in [6.07, 6.45) is -0.165. The molecule has 2 aromatic carbocycles. The molecule has 0 unspecified atom stereocenters. The molecule has 7 nitrogen and oxygen atoms in total. The molecule has 3 rings (SSSR count). The Balaban J connectivity index is 1.79. The van der Waals surface area contributed by atoms with Crippen LogP contribution in [0.2, 0.25) is 0 Å². The summed E-state index contributed by atoms with van der Waals surface area (Å²) in [5.41, 5.74) is 2.38. The highest BCUT2D eigenvalue weighted by molar-refractivity contribution is 5.96. The highest BCUT2D eigenvalue weighted by atomic mass is 16.5. The van der Waals surface area contributed by atoms with E-state index >= 15 is 0 Å². The number of ether oxygens (including phenoxy) is 2. The Morgan fingerprint density at radius 1 is 1.16 bits per heavy atom. The lowest BCUT2D eigenvalue weighted by molar-refractivity contribution is -0.115. The summed E-state index contributed by atoms with van der Waals surface area (Å²) < 4.78 is 16.0. The van der Waals surface area contributed by atoms with Gasteiger partial charge in [0.1, 0.15) is 17.9 Å². The summed E-state index contributed by atoms with van der Waals surface area (Å²) in [5.74, 6) is -0.307. The average Bonchev–Trinajstić information content (AvgIpc) is 2.75. The van der Waals surface area contributed by atoms with Crippen molar-refractivity contribution in [2.75, 3.05) is 18.5 Å². The van der Waals surface area contributed by atoms with E-state index in [4.69, 9.17) is 13.9 Å². The van der Waals surface area contributed by atoms with Gasteiger partial charge in [0.25, 0.3) is 0 Å². The van der Waals surface area contributed by atoms with Crippen molar-refractivity contribution < 1.29 is 23.5 Å². The van der Waals surface area contributed by atoms with Crippen LogP contribution in [0, 0.1) is 6.92 Å². The molecule has 0 fully saturated rings. The molecule has 0 aliphatic rings. The van der Waals surface area contributed by atoms with Crippen LogP contribution in [0.4, 0.5) is 5.69 Å². The summed E-state index contributed by atoms with van der Waals surface area (Å²) in [6.45, 7) is 9.77. The number of hydrogen-bond acceptors (Lipinski definition) is 6. The molecule has 0 radical (unpaired) electrons. The van der Waals surface area contributed by atoms with E-state index in [1.165, 1.54) is 6.07 Å². The van der Waals surface area contributed by atoms with E-state index in [1.807, 2.05) is 6.92 Å². The molecule has 3 aromatic rings. The van der Waals surface area contributed by atoms with E-state index in [1.54, 1.807) is 50.2 Å². The van der Waals surface area contributed by atoms with Crippen molar-refractivity contribution in [2.45, 2.75) is 27.2 Å². The first kappa shape index (κ1) is 22.8. The first-order valence-corrected chi connectivity index (χ1v) is 10.2. The van der Waals surface area contributed by atoms with Crippen molar-refractivity contribution in [3.05, 3.63) is 81.7 Å². The van der Waals surface area contributed by atoms with Gasteiger partial charge in [-0.3, -0.25) is 4.79 Å². The van der Waals surface area contributed by atoms with Crippen LogP contribution in [-0.4, -0.2) is 25.1 Å². The van der Waals surface area contributed by atoms with Crippen LogP contribution >= 0.6 is 0 Å². The molecule has 1 heterocycles. The number of carbonyl (C=O) groups is 2. The molecule has 1 N–H and O–H groups in total. The van der Waals surface area contributed by atoms with Gasteiger partial charge in [-0.2, -0.15) is 0 Å². The lowest BCUT2D eigenvalue weighted by atomic mass is 10.0. The first-order valence-electron chi connectivity index (χ1n) is 10.2. The molecule has 0 saturated carbocycles. The molecule has 0 atom stereocenters. The predicted octanol–water partition coefficient (Wildman–Crippen LogP) is 4.41. The Morgan fingerprint density at radius 3 is 2.66 bits per heavy atom. The zero-order valence-electron chi connectivity index (χ0n) is 18.3. The van der Waals surface area contributed by atoms with E-state index in [2.05, 4.69) is 11.9 Å². The van der Waals surface area contributed by atoms with Crippen LogP contribution in [0.5, 0.6) is 5.75 Å². The third-order valence-electron chi connectivity index (χ3n) is 4.74. The summed E-state index contributed by atoms with van der Waals surface area (Å²) >= 11 is 0. The van der Waals surface area contributed by atoms with E-state index in [9.17, 15) is 14.4 Å². The maximum Gasteiger partial charge on any atom is 0.340 e. The molecule has 0 spiro atoms. The van der Waals surface area contributed by atoms with Gasteiger partial charge in [-0.1, -0.05) is 12.6 Å². The Hall–Kier alpha value is -3.87. The standard InChI is InChI=1S/C25H25NO6/c1-5-30-24(28)17-7-6-8-18(11-17)26-23(27)13-21-16(4)20-10-9-19(31-14-15(2)3)12-22(20)32-25(21)29/h6-12H,2,5,13-14H2,1,3-4H3,(H,26,27). The topological polar surface area (TPSA) is 94.8 Å². The third-order valence-corrected chi connectivity index (χ3v) is 4.74. The number of anilines is 1. The van der Waals surface area contributed by atoms with Gasteiger partial charge in [-0.15, -0.1) is 0 Å². The Bertz CT molecular complexity index is 1240. The van der Waals surface area contributed by atoms with Crippen molar-refractivity contribution in [1.82, 2.24) is 0 Å². The summed E-state index contributed by atoms with van der Waals surface area (Å²) in [6, 6.07) is 11.7. The van der Waals surface area contributed by atoms with Crippen molar-refractivity contribution in [2.24, 2.45) is 0 Å². The molecule has 7 heteroatoms. The van der Waals surface area contributed by atoms with E-state index < -0.39 is 17.5 Å². The lowest BCUT2D eigenvalue weighted by Gasteiger charge is -2.11. The van der Waals surface area contributed by atoms with Gasteiger partial charge in [0.2, 0.25) is 5.91 Å². The fraction of sp³-hybridized carbons (Fsp3) is 0.240. The van der Waals surface area contributed by atoms with Gasteiger partial charge in [0, 0.05) is 17.1 Å². The molecule has 32 heavy (non-hydrogen) atoms. The SMILES string of the molecule is C=C(C)COc1ccc2c(C)c(CC(=O)Nc3cccc(C(=O)OCC)c3)c(=O)oc2c1. The van der Waals surface area contributed by atoms with Crippen LogP contribution in [0.1, 0.15) is 35.3 Å². The second-order valence-corrected chi connectivity index (χ2v) is 7.42. The van der Waals surface area contributed by atoms with Crippen LogP contribution in [-0.2, 0) is 16.0 Å². The minimum Gasteiger partial charge on any atom is -0.489 e. The van der Waals surface area contributed by atoms with Crippen molar-refractivity contribution in [1.29, 1.82) is 0 Å². The Morgan fingerprint density at radius 2 is 1.94 bits per heavy atom. The highest BCUT2D eigenvalue weighted by Gasteiger charge is 2.16. The fourth-order valence-corrected chi connectivity index (χ4v) is 3.18. The molecule has 1 amide bonds. The normalized spacial score (nSPS) is 10.6. The van der Waals surface area contributed by atoms with Gasteiger partial charge >= 0.3 is 11.6 Å². The summed E-state index contributed by atoms with van der Waals surface area (Å²) in [7, 11) is 0. The Kier molecular flexibility index (Phi) is 7.10. The number of nitrogens with one attached hydrogen (secondary N) is 1. The molecule has 0 aliphatic carbocycles. The molecule has 0 aliphatic heterocycles. The van der Waals surface area contributed by atoms with Gasteiger partial charge in [0.05, 0.1) is 24.2 Å². The molecular weight excluding hydrogens is 410 g/mol. The molecule has 0 saturated heterocycles. The number of rotatable bonds is 8. The van der Waals surface area contributed by atoms with Crippen LogP contribution in [0.25, 0.3) is 11.0 Å². The largest absolute Gasteiger partial charge is 0.489 e. The number of amides is 1. The van der Waals surface area contributed by atoms with Gasteiger partial charge in [-0.05, 0) is 62.2 Å². The minimum atomic E-state index is -0.581. The van der Waals surface area contributed by atoms with Crippen LogP contribution < -0.4 is 15.7 Å². The lowest BCUT2D eigenvalue weighted by Crippen LogP contribution is -2.21. The quantitative estimate of drug-likeness (QED) is 0.320. The maximum atomic E-state index is 12.6. The molecular formula is C25H25NO6. The first-order chi connectivity index (χ1) is 15.3. The van der Waals surface area contributed by atoms with Crippen molar-refractivity contribution >= 4 is 28.5 Å². The van der Waals surface area contributed by atoms with E-state index in [-0.39, 0.29) is 18.6 Å². The van der Waals surface area contributed by atoms with Gasteiger partial charge in [-0.25, -0.2) is 9.59 Å². The maximum absolute atomic E-state index is 12.6. The van der Waals surface area contributed by atoms with Crippen LogP contribution in [0.3, 0.4) is 0 Å². The number of fused-ring (bicyclic) bond motifs is 1. The molecule has 1 aromatic heterocycles. The van der Waals surface area contributed by atoms with Crippen molar-refractivity contribution in [3.8, 4) is 5.75 Å². The van der Waals surface area contributed by atoms with Gasteiger partial charge < -0.3 is 19.2 Å². The third kappa shape index (κ3) is 5.43. The minimum absolute atomic E-state index is 0.165. The van der Waals surface area contributed by atoms with Crippen LogP contribution in [0.15, 0.2) is 63.8 Å². The predicted molar refractivity (Wildman–Crippen MR) is 122 cm³/mol. The average molecular weight is 435 g/mol. The monoisotopic (exact) mass is 435 g/mol. The second kappa shape index (κ2) is 9.96. The number of carbonyl (C=O) groups excluding carboxylic acids is 2. The summed E-state index contributed by atoms with van der Waals surface area (Å²) in [5, 5.41) is 3.43. The zero-order chi connectivity index (χ0) is 23.3. The second-order valence-electron chi connectivity index (χ2n) is 7.42. The zero-order valence-corrected chi connectivity index (χ0v) is 18.3. The highest BCUT2D eigenvalue weighted by Crippen LogP contribution is 2.25. The van der Waals surface area contributed by atoms with Gasteiger partial charge in [0.15, 0.2) is 0 Å². The number of hydrogen-bond donors (Lipinski definition) is 1. The molecule has 166 valence electrons. The number of benzene rings is 2. The van der Waals surface area contributed by atoms with E-state index in [0.717, 1.165) is 11.0 Å². The fourth-order valence-electron chi connectivity index (χ4n) is 3.18. The van der Waals surface area contributed by atoms with E-state index in [0.29, 0.717) is 34.8 Å². The molecule has 0 bridgehead atoms. The smallest absolute Gasteiger partial charge is 0.340 e. The van der Waals surface area contributed by atoms with Crippen molar-refractivity contribution in [3.63, 3.8) is 0 Å².